The van der Waals surface area contributed by atoms with Gasteiger partial charge in [-0.05, 0) is 19.2 Å². The van der Waals surface area contributed by atoms with Crippen molar-refractivity contribution < 1.29 is 14.3 Å². The topological polar surface area (TPSA) is 62.8 Å². The molecular formula is C13H18ClN3O3. The molecule has 0 radical (unpaired) electrons. The molecule has 0 aliphatic carbocycles. The maximum absolute atomic E-state index is 11.9. The SMILES string of the molecule is CN(CC(=O)Nc1ccc2c(c1)OCO2)C1CNC1.Cl. The first-order valence-electron chi connectivity index (χ1n) is 6.33. The van der Waals surface area contributed by atoms with E-state index in [4.69, 9.17) is 9.47 Å². The second-order valence-electron chi connectivity index (χ2n) is 4.84. The van der Waals surface area contributed by atoms with Crippen molar-refractivity contribution in [3.8, 4) is 11.5 Å². The second-order valence-corrected chi connectivity index (χ2v) is 4.84. The molecule has 2 aliphatic heterocycles. The van der Waals surface area contributed by atoms with Gasteiger partial charge in [-0.25, -0.2) is 0 Å². The first kappa shape index (κ1) is 14.9. The number of anilines is 1. The lowest BCUT2D eigenvalue weighted by Gasteiger charge is -2.35. The number of carbonyl (C=O) groups excluding carboxylic acids is 1. The van der Waals surface area contributed by atoms with Crippen molar-refractivity contribution in [2.24, 2.45) is 0 Å². The average Bonchev–Trinajstić information content (AvgIpc) is 2.73. The van der Waals surface area contributed by atoms with Gasteiger partial charge < -0.3 is 20.1 Å². The van der Waals surface area contributed by atoms with Gasteiger partial charge in [-0.2, -0.15) is 0 Å². The molecule has 1 saturated heterocycles. The second kappa shape index (κ2) is 6.30. The molecule has 3 rings (SSSR count). The molecule has 1 amide bonds. The minimum atomic E-state index is -0.0201. The lowest BCUT2D eigenvalue weighted by molar-refractivity contribution is -0.117. The van der Waals surface area contributed by atoms with E-state index in [2.05, 4.69) is 15.5 Å². The zero-order valence-electron chi connectivity index (χ0n) is 11.2. The van der Waals surface area contributed by atoms with Crippen LogP contribution in [-0.4, -0.2) is 50.3 Å². The van der Waals surface area contributed by atoms with E-state index in [1.165, 1.54) is 0 Å². The van der Waals surface area contributed by atoms with Crippen molar-refractivity contribution in [2.45, 2.75) is 6.04 Å². The van der Waals surface area contributed by atoms with Gasteiger partial charge in [0.1, 0.15) is 0 Å². The molecule has 0 saturated carbocycles. The van der Waals surface area contributed by atoms with Crippen LogP contribution in [0.4, 0.5) is 5.69 Å². The van der Waals surface area contributed by atoms with Crippen LogP contribution in [0, 0.1) is 0 Å². The number of likely N-dealkylation sites (N-methyl/N-ethyl adjacent to an activating group) is 1. The Kier molecular flexibility index (Phi) is 4.69. The van der Waals surface area contributed by atoms with Gasteiger partial charge in [0.05, 0.1) is 6.54 Å². The third-order valence-electron chi connectivity index (χ3n) is 3.43. The number of halogens is 1. The standard InChI is InChI=1S/C13H17N3O3.ClH/c1-16(10-5-14-6-10)7-13(17)15-9-2-3-11-12(4-9)19-8-18-11;/h2-4,10,14H,5-8H2,1H3,(H,15,17);1H. The minimum Gasteiger partial charge on any atom is -0.454 e. The van der Waals surface area contributed by atoms with E-state index in [1.54, 1.807) is 12.1 Å². The maximum Gasteiger partial charge on any atom is 0.238 e. The molecule has 7 heteroatoms. The fourth-order valence-corrected chi connectivity index (χ4v) is 2.12. The molecule has 0 aromatic heterocycles. The molecule has 0 spiro atoms. The molecule has 110 valence electrons. The van der Waals surface area contributed by atoms with Crippen molar-refractivity contribution in [2.75, 3.05) is 38.8 Å². The number of benzene rings is 1. The molecule has 1 aromatic rings. The van der Waals surface area contributed by atoms with Crippen molar-refractivity contribution in [1.29, 1.82) is 0 Å². The molecule has 0 atom stereocenters. The number of rotatable bonds is 4. The quantitative estimate of drug-likeness (QED) is 0.856. The van der Waals surface area contributed by atoms with Crippen LogP contribution in [0.5, 0.6) is 11.5 Å². The monoisotopic (exact) mass is 299 g/mol. The summed E-state index contributed by atoms with van der Waals surface area (Å²) in [6.45, 7) is 2.53. The van der Waals surface area contributed by atoms with Gasteiger partial charge in [0.2, 0.25) is 12.7 Å². The Morgan fingerprint density at radius 2 is 2.15 bits per heavy atom. The normalized spacial score (nSPS) is 16.5. The van der Waals surface area contributed by atoms with Crippen LogP contribution >= 0.6 is 12.4 Å². The van der Waals surface area contributed by atoms with Crippen molar-refractivity contribution in [1.82, 2.24) is 10.2 Å². The number of hydrogen-bond acceptors (Lipinski definition) is 5. The van der Waals surface area contributed by atoms with E-state index in [0.717, 1.165) is 24.5 Å². The molecule has 6 nitrogen and oxygen atoms in total. The Bertz CT molecular complexity index is 494. The number of hydrogen-bond donors (Lipinski definition) is 2. The number of nitrogens with one attached hydrogen (secondary N) is 2. The van der Waals surface area contributed by atoms with Crippen molar-refractivity contribution in [3.63, 3.8) is 0 Å². The summed E-state index contributed by atoms with van der Waals surface area (Å²) in [5.41, 5.74) is 0.731. The maximum atomic E-state index is 11.9. The number of carbonyl (C=O) groups is 1. The zero-order chi connectivity index (χ0) is 13.2. The molecule has 0 bridgehead atoms. The molecule has 2 N–H and O–H groups in total. The highest BCUT2D eigenvalue weighted by Gasteiger charge is 2.23. The van der Waals surface area contributed by atoms with E-state index >= 15 is 0 Å². The molecule has 2 aliphatic rings. The molecule has 1 fully saturated rings. The van der Waals surface area contributed by atoms with Gasteiger partial charge in [0, 0.05) is 30.9 Å². The summed E-state index contributed by atoms with van der Waals surface area (Å²) in [7, 11) is 1.96. The third-order valence-corrected chi connectivity index (χ3v) is 3.43. The fraction of sp³-hybridized carbons (Fsp3) is 0.462. The highest BCUT2D eigenvalue weighted by Crippen LogP contribution is 2.34. The minimum absolute atomic E-state index is 0. The predicted octanol–water partition coefficient (Wildman–Crippen LogP) is 0.679. The summed E-state index contributed by atoms with van der Waals surface area (Å²) in [5.74, 6) is 1.37. The van der Waals surface area contributed by atoms with Crippen LogP contribution in [0.25, 0.3) is 0 Å². The number of amides is 1. The van der Waals surface area contributed by atoms with E-state index < -0.39 is 0 Å². The Labute approximate surface area is 123 Å². The highest BCUT2D eigenvalue weighted by atomic mass is 35.5. The van der Waals surface area contributed by atoms with Gasteiger partial charge in [0.15, 0.2) is 11.5 Å². The summed E-state index contributed by atoms with van der Waals surface area (Å²) >= 11 is 0. The lowest BCUT2D eigenvalue weighted by Crippen LogP contribution is -2.57. The van der Waals surface area contributed by atoms with E-state index in [-0.39, 0.29) is 25.1 Å². The summed E-state index contributed by atoms with van der Waals surface area (Å²) in [4.78, 5) is 14.0. The van der Waals surface area contributed by atoms with Gasteiger partial charge in [-0.3, -0.25) is 9.69 Å². The third kappa shape index (κ3) is 3.15. The van der Waals surface area contributed by atoms with Gasteiger partial charge in [-0.1, -0.05) is 0 Å². The van der Waals surface area contributed by atoms with Crippen LogP contribution in [-0.2, 0) is 4.79 Å². The Balaban J connectivity index is 0.00000147. The molecule has 20 heavy (non-hydrogen) atoms. The van der Waals surface area contributed by atoms with Crippen LogP contribution < -0.4 is 20.1 Å². The van der Waals surface area contributed by atoms with Crippen LogP contribution in [0.1, 0.15) is 0 Å². The number of nitrogens with zero attached hydrogens (tertiary/aromatic N) is 1. The molecule has 0 unspecified atom stereocenters. The van der Waals surface area contributed by atoms with Gasteiger partial charge in [0.25, 0.3) is 0 Å². The summed E-state index contributed by atoms with van der Waals surface area (Å²) in [6, 6.07) is 5.86. The van der Waals surface area contributed by atoms with Crippen molar-refractivity contribution in [3.05, 3.63) is 18.2 Å². The van der Waals surface area contributed by atoms with Crippen LogP contribution in [0.2, 0.25) is 0 Å². The predicted molar refractivity (Wildman–Crippen MR) is 77.7 cm³/mol. The lowest BCUT2D eigenvalue weighted by atomic mass is 10.1. The van der Waals surface area contributed by atoms with E-state index in [0.29, 0.717) is 18.3 Å². The zero-order valence-corrected chi connectivity index (χ0v) is 12.0. The van der Waals surface area contributed by atoms with E-state index in [9.17, 15) is 4.79 Å². The first-order chi connectivity index (χ1) is 9.22. The summed E-state index contributed by atoms with van der Waals surface area (Å²) < 4.78 is 10.5. The van der Waals surface area contributed by atoms with Gasteiger partial charge >= 0.3 is 0 Å². The van der Waals surface area contributed by atoms with E-state index in [1.807, 2.05) is 13.1 Å². The largest absolute Gasteiger partial charge is 0.454 e. The van der Waals surface area contributed by atoms with Gasteiger partial charge in [-0.15, -0.1) is 12.4 Å². The fourth-order valence-electron chi connectivity index (χ4n) is 2.12. The summed E-state index contributed by atoms with van der Waals surface area (Å²) in [5, 5.41) is 6.06. The van der Waals surface area contributed by atoms with Crippen molar-refractivity contribution >= 4 is 24.0 Å². The van der Waals surface area contributed by atoms with Crippen LogP contribution in [0.15, 0.2) is 18.2 Å². The highest BCUT2D eigenvalue weighted by molar-refractivity contribution is 5.92. The number of ether oxygens (including phenoxy) is 2. The smallest absolute Gasteiger partial charge is 0.238 e. The molecular weight excluding hydrogens is 282 g/mol. The Hall–Kier alpha value is -1.50. The summed E-state index contributed by atoms with van der Waals surface area (Å²) in [6.07, 6.45) is 0. The first-order valence-corrected chi connectivity index (χ1v) is 6.33. The van der Waals surface area contributed by atoms with Crippen LogP contribution in [0.3, 0.4) is 0 Å². The Morgan fingerprint density at radius 1 is 1.40 bits per heavy atom. The molecule has 1 aromatic carbocycles. The number of fused-ring (bicyclic) bond motifs is 1. The molecule has 2 heterocycles. The average molecular weight is 300 g/mol. The Morgan fingerprint density at radius 3 is 2.85 bits per heavy atom.